The van der Waals surface area contributed by atoms with Crippen LogP contribution in [0.2, 0.25) is 0 Å². The Morgan fingerprint density at radius 3 is 2.62 bits per heavy atom. The number of thiazole rings is 1. The molecule has 1 aliphatic rings. The molecule has 2 N–H and O–H groups in total. The number of carbonyl (C=O) groups is 2. The Bertz CT molecular complexity index is 1010. The van der Waals surface area contributed by atoms with Gasteiger partial charge in [0.15, 0.2) is 10.9 Å². The first-order valence-electron chi connectivity index (χ1n) is 9.02. The van der Waals surface area contributed by atoms with Crippen molar-refractivity contribution in [3.8, 4) is 11.5 Å². The summed E-state index contributed by atoms with van der Waals surface area (Å²) < 4.78 is 6.17. The molecule has 0 unspecified atom stereocenters. The van der Waals surface area contributed by atoms with E-state index in [0.29, 0.717) is 39.0 Å². The summed E-state index contributed by atoms with van der Waals surface area (Å²) in [5, 5.41) is 7.87. The Balaban J connectivity index is 1.38. The van der Waals surface area contributed by atoms with Crippen molar-refractivity contribution >= 4 is 51.8 Å². The van der Waals surface area contributed by atoms with Crippen LogP contribution in [-0.4, -0.2) is 28.3 Å². The summed E-state index contributed by atoms with van der Waals surface area (Å²) >= 11 is 5.23. The Hall–Kier alpha value is -2.23. The molecule has 2 amide bonds. The molecule has 6 nitrogen and oxygen atoms in total. The zero-order chi connectivity index (χ0) is 20.2. The van der Waals surface area contributed by atoms with Crippen molar-refractivity contribution in [3.63, 3.8) is 0 Å². The number of hydrogen-bond acceptors (Lipinski definition) is 7. The lowest BCUT2D eigenvalue weighted by atomic mass is 10.1. The lowest BCUT2D eigenvalue weighted by Gasteiger charge is -2.09. The highest BCUT2D eigenvalue weighted by molar-refractivity contribution is 8.19. The summed E-state index contributed by atoms with van der Waals surface area (Å²) in [6.07, 6.45) is 0. The second-order valence-electron chi connectivity index (χ2n) is 6.36. The molecule has 1 aliphatic heterocycles. The van der Waals surface area contributed by atoms with Gasteiger partial charge in [0.1, 0.15) is 11.5 Å². The summed E-state index contributed by atoms with van der Waals surface area (Å²) in [4.78, 5) is 28.0. The Kier molecular flexibility index (Phi) is 6.27. The highest BCUT2D eigenvalue weighted by atomic mass is 32.2. The smallest absolute Gasteiger partial charge is 0.257 e. The number of hydrogen-bond donors (Lipinski definition) is 2. The quantitative estimate of drug-likeness (QED) is 0.569. The number of aromatic nitrogens is 1. The molecule has 0 spiro atoms. The molecule has 4 rings (SSSR count). The molecule has 0 aliphatic carbocycles. The number of rotatable bonds is 6. The van der Waals surface area contributed by atoms with E-state index in [-0.39, 0.29) is 11.8 Å². The molecule has 1 saturated heterocycles. The fraction of sp³-hybridized carbons (Fsp3) is 0.250. The average Bonchev–Trinajstić information content (AvgIpc) is 3.47. The molecule has 3 aromatic rings. The summed E-state index contributed by atoms with van der Waals surface area (Å²) in [7, 11) is 0. The predicted octanol–water partition coefficient (Wildman–Crippen LogP) is 4.77. The van der Waals surface area contributed by atoms with Gasteiger partial charge < -0.3 is 9.73 Å². The topological polar surface area (TPSA) is 84.2 Å². The van der Waals surface area contributed by atoms with Crippen molar-refractivity contribution in [1.29, 1.82) is 0 Å². The van der Waals surface area contributed by atoms with Gasteiger partial charge in [0.2, 0.25) is 5.91 Å². The van der Waals surface area contributed by atoms with Crippen LogP contribution in [0.25, 0.3) is 11.5 Å². The summed E-state index contributed by atoms with van der Waals surface area (Å²) in [6, 6.07) is 11.4. The van der Waals surface area contributed by atoms with Crippen LogP contribution in [0.1, 0.15) is 33.2 Å². The number of benzene rings is 1. The fourth-order valence-electron chi connectivity index (χ4n) is 2.78. The SMILES string of the molecule is CC(=O)NCc1ccc(-c2csc(NC(=O)c3ccc(C4SCCS4)cc3)n2)o1. The largest absolute Gasteiger partial charge is 0.458 e. The van der Waals surface area contributed by atoms with Gasteiger partial charge in [0.05, 0.1) is 11.1 Å². The fourth-order valence-corrected chi connectivity index (χ4v) is 6.33. The highest BCUT2D eigenvalue weighted by Gasteiger charge is 2.19. The molecule has 29 heavy (non-hydrogen) atoms. The first-order chi connectivity index (χ1) is 14.1. The van der Waals surface area contributed by atoms with Crippen molar-refractivity contribution in [2.45, 2.75) is 18.1 Å². The molecular weight excluding hydrogens is 426 g/mol. The molecular formula is C20H19N3O3S3. The van der Waals surface area contributed by atoms with Crippen LogP contribution >= 0.6 is 34.9 Å². The Morgan fingerprint density at radius 2 is 1.90 bits per heavy atom. The third-order valence-electron chi connectivity index (χ3n) is 4.22. The number of anilines is 1. The maximum atomic E-state index is 12.5. The zero-order valence-corrected chi connectivity index (χ0v) is 18.1. The van der Waals surface area contributed by atoms with E-state index in [1.807, 2.05) is 53.2 Å². The Morgan fingerprint density at radius 1 is 1.14 bits per heavy atom. The van der Waals surface area contributed by atoms with E-state index in [9.17, 15) is 9.59 Å². The van der Waals surface area contributed by atoms with Crippen molar-refractivity contribution in [3.05, 3.63) is 58.7 Å². The van der Waals surface area contributed by atoms with E-state index in [4.69, 9.17) is 4.42 Å². The molecule has 9 heteroatoms. The number of carbonyl (C=O) groups excluding carboxylic acids is 2. The third kappa shape index (κ3) is 5.04. The number of thioether (sulfide) groups is 2. The molecule has 0 saturated carbocycles. The molecule has 0 bridgehead atoms. The summed E-state index contributed by atoms with van der Waals surface area (Å²) in [5.41, 5.74) is 2.50. The normalized spacial score (nSPS) is 14.1. The van der Waals surface area contributed by atoms with Crippen LogP contribution < -0.4 is 10.6 Å². The van der Waals surface area contributed by atoms with Crippen LogP contribution in [0.15, 0.2) is 46.2 Å². The van der Waals surface area contributed by atoms with E-state index in [2.05, 4.69) is 15.6 Å². The molecule has 0 radical (unpaired) electrons. The lowest BCUT2D eigenvalue weighted by molar-refractivity contribution is -0.119. The van der Waals surface area contributed by atoms with Gasteiger partial charge in [-0.3, -0.25) is 14.9 Å². The van der Waals surface area contributed by atoms with Crippen LogP contribution in [-0.2, 0) is 11.3 Å². The van der Waals surface area contributed by atoms with Gasteiger partial charge in [0.25, 0.3) is 5.91 Å². The number of nitrogens with one attached hydrogen (secondary N) is 2. The molecule has 0 atom stereocenters. The Labute approximate surface area is 180 Å². The molecule has 2 aromatic heterocycles. The van der Waals surface area contributed by atoms with E-state index in [0.717, 1.165) is 0 Å². The minimum Gasteiger partial charge on any atom is -0.458 e. The predicted molar refractivity (Wildman–Crippen MR) is 119 cm³/mol. The van der Waals surface area contributed by atoms with Gasteiger partial charge in [-0.2, -0.15) is 0 Å². The summed E-state index contributed by atoms with van der Waals surface area (Å²) in [6.45, 7) is 1.79. The number of nitrogens with zero attached hydrogens (tertiary/aromatic N) is 1. The van der Waals surface area contributed by atoms with Gasteiger partial charge in [-0.05, 0) is 29.8 Å². The van der Waals surface area contributed by atoms with Gasteiger partial charge in [-0.25, -0.2) is 4.98 Å². The van der Waals surface area contributed by atoms with Crippen molar-refractivity contribution in [2.24, 2.45) is 0 Å². The zero-order valence-electron chi connectivity index (χ0n) is 15.6. The molecule has 1 fully saturated rings. The van der Waals surface area contributed by atoms with Crippen molar-refractivity contribution in [1.82, 2.24) is 10.3 Å². The third-order valence-corrected chi connectivity index (χ3v) is 8.08. The monoisotopic (exact) mass is 445 g/mol. The number of furan rings is 1. The second-order valence-corrected chi connectivity index (χ2v) is 9.95. The summed E-state index contributed by atoms with van der Waals surface area (Å²) in [5.74, 6) is 3.29. The highest BCUT2D eigenvalue weighted by Crippen LogP contribution is 2.45. The average molecular weight is 446 g/mol. The van der Waals surface area contributed by atoms with Gasteiger partial charge in [-0.15, -0.1) is 34.9 Å². The van der Waals surface area contributed by atoms with E-state index in [1.165, 1.54) is 35.3 Å². The first-order valence-corrected chi connectivity index (χ1v) is 12.0. The van der Waals surface area contributed by atoms with Crippen molar-refractivity contribution in [2.75, 3.05) is 16.8 Å². The van der Waals surface area contributed by atoms with Crippen LogP contribution in [0, 0.1) is 0 Å². The lowest BCUT2D eigenvalue weighted by Crippen LogP contribution is -2.18. The van der Waals surface area contributed by atoms with E-state index in [1.54, 1.807) is 12.1 Å². The van der Waals surface area contributed by atoms with E-state index >= 15 is 0 Å². The molecule has 150 valence electrons. The first kappa shape index (κ1) is 20.1. The maximum Gasteiger partial charge on any atom is 0.257 e. The maximum absolute atomic E-state index is 12.5. The molecule has 1 aromatic carbocycles. The molecule has 3 heterocycles. The second kappa shape index (κ2) is 9.06. The van der Waals surface area contributed by atoms with Gasteiger partial charge >= 0.3 is 0 Å². The van der Waals surface area contributed by atoms with E-state index < -0.39 is 0 Å². The van der Waals surface area contributed by atoms with Gasteiger partial charge in [0, 0.05) is 29.4 Å². The van der Waals surface area contributed by atoms with Crippen molar-refractivity contribution < 1.29 is 14.0 Å². The number of amides is 2. The van der Waals surface area contributed by atoms with Crippen LogP contribution in [0.5, 0.6) is 0 Å². The van der Waals surface area contributed by atoms with Gasteiger partial charge in [-0.1, -0.05) is 12.1 Å². The minimum absolute atomic E-state index is 0.115. The van der Waals surface area contributed by atoms with Crippen LogP contribution in [0.3, 0.4) is 0 Å². The minimum atomic E-state index is -0.185. The van der Waals surface area contributed by atoms with Crippen LogP contribution in [0.4, 0.5) is 5.13 Å². The standard InChI is InChI=1S/C20H19N3O3S3/c1-12(24)21-10-15-6-7-17(26-15)16-11-29-20(22-16)23-18(25)13-2-4-14(5-3-13)19-27-8-9-28-19/h2-7,11,19H,8-10H2,1H3,(H,21,24)(H,22,23,25).